The number of nitrogens with two attached hydrogens (primary N) is 1. The molecule has 0 aliphatic carbocycles. The van der Waals surface area contributed by atoms with Crippen LogP contribution in [0.5, 0.6) is 11.5 Å². The van der Waals surface area contributed by atoms with Crippen LogP contribution in [0.1, 0.15) is 28.4 Å². The van der Waals surface area contributed by atoms with Gasteiger partial charge in [-0.3, -0.25) is 18.6 Å². The van der Waals surface area contributed by atoms with Gasteiger partial charge in [0.2, 0.25) is 5.91 Å². The van der Waals surface area contributed by atoms with Gasteiger partial charge < -0.3 is 15.4 Å². The summed E-state index contributed by atoms with van der Waals surface area (Å²) in [5.41, 5.74) is 8.15. The minimum Gasteiger partial charge on any atom is -0.457 e. The summed E-state index contributed by atoms with van der Waals surface area (Å²) < 4.78 is 28.2. The Labute approximate surface area is 199 Å². The highest BCUT2D eigenvalue weighted by molar-refractivity contribution is 8.23. The number of nitrogens with zero attached hydrogens (tertiary/aromatic N) is 1. The van der Waals surface area contributed by atoms with Crippen molar-refractivity contribution in [3.05, 3.63) is 95.6 Å². The van der Waals surface area contributed by atoms with Crippen molar-refractivity contribution in [2.75, 3.05) is 6.54 Å². The van der Waals surface area contributed by atoms with E-state index in [9.17, 15) is 18.7 Å². The molecule has 178 valence electrons. The molecule has 5 N–H and O–H groups in total. The van der Waals surface area contributed by atoms with E-state index in [2.05, 4.69) is 4.72 Å². The Balaban J connectivity index is 1.34. The van der Waals surface area contributed by atoms with Crippen LogP contribution < -0.4 is 15.2 Å². The monoisotopic (exact) mass is 481 g/mol. The zero-order chi connectivity index (χ0) is 24.1. The van der Waals surface area contributed by atoms with E-state index in [1.165, 1.54) is 0 Å². The largest absolute Gasteiger partial charge is 0.457 e. The van der Waals surface area contributed by atoms with Gasteiger partial charge in [-0.2, -0.15) is 0 Å². The van der Waals surface area contributed by atoms with Gasteiger partial charge in [0.1, 0.15) is 16.7 Å². The van der Waals surface area contributed by atoms with Crippen molar-refractivity contribution < 1.29 is 23.4 Å². The number of ether oxygens (including phenoxy) is 1. The number of hydrogen-bond donors (Lipinski definition) is 4. The normalized spacial score (nSPS) is 17.6. The number of carbonyl (C=O) groups is 2. The number of benzene rings is 3. The quantitative estimate of drug-likeness (QED) is 0.367. The highest BCUT2D eigenvalue weighted by atomic mass is 32.3. The van der Waals surface area contributed by atoms with E-state index in [-0.39, 0.29) is 12.3 Å². The second-order valence-electron chi connectivity index (χ2n) is 8.12. The third kappa shape index (κ3) is 5.88. The van der Waals surface area contributed by atoms with Gasteiger partial charge >= 0.3 is 6.03 Å². The van der Waals surface area contributed by atoms with Crippen molar-refractivity contribution in [3.63, 3.8) is 0 Å². The molecule has 1 aliphatic heterocycles. The number of carbonyl (C=O) groups excluding carboxylic acids is 2. The topological polar surface area (TPSA) is 125 Å². The molecule has 0 aromatic heterocycles. The lowest BCUT2D eigenvalue weighted by molar-refractivity contribution is -0.118. The van der Waals surface area contributed by atoms with E-state index in [0.29, 0.717) is 25.1 Å². The maximum Gasteiger partial charge on any atom is 0.315 e. The molecule has 0 radical (unpaired) electrons. The first-order valence-electron chi connectivity index (χ1n) is 10.8. The third-order valence-electron chi connectivity index (χ3n) is 5.64. The van der Waals surface area contributed by atoms with E-state index in [4.69, 9.17) is 10.5 Å². The van der Waals surface area contributed by atoms with E-state index in [1.807, 2.05) is 54.6 Å². The SMILES string of the molecule is NC(=O)N(CCc1ccc(Oc2ccccc2)cc1)Cc1ccc(C2CC(=O)NS2(O)O)cc1. The number of urea groups is 1. The first-order chi connectivity index (χ1) is 16.3. The first-order valence-corrected chi connectivity index (χ1v) is 12.4. The molecule has 1 unspecified atom stereocenters. The molecule has 3 aromatic rings. The average Bonchev–Trinajstić information content (AvgIpc) is 3.10. The van der Waals surface area contributed by atoms with Crippen LogP contribution in [0.25, 0.3) is 0 Å². The highest BCUT2D eigenvalue weighted by Crippen LogP contribution is 2.56. The molecular formula is C25H27N3O5S. The molecule has 3 aromatic carbocycles. The number of primary amides is 1. The van der Waals surface area contributed by atoms with Gasteiger partial charge in [0.05, 0.1) is 6.42 Å². The summed E-state index contributed by atoms with van der Waals surface area (Å²) in [5, 5.41) is -0.671. The lowest BCUT2D eigenvalue weighted by Gasteiger charge is -2.32. The zero-order valence-corrected chi connectivity index (χ0v) is 19.3. The Bertz CT molecular complexity index is 1140. The maximum atomic E-state index is 12.0. The fourth-order valence-electron chi connectivity index (χ4n) is 3.81. The second kappa shape index (κ2) is 10.2. The second-order valence-corrected chi connectivity index (χ2v) is 10.1. The molecule has 1 heterocycles. The summed E-state index contributed by atoms with van der Waals surface area (Å²) in [6.07, 6.45) is 0.660. The van der Waals surface area contributed by atoms with Crippen LogP contribution in [0.4, 0.5) is 4.79 Å². The zero-order valence-electron chi connectivity index (χ0n) is 18.5. The van der Waals surface area contributed by atoms with Crippen LogP contribution in [0.3, 0.4) is 0 Å². The minimum atomic E-state index is -3.19. The summed E-state index contributed by atoms with van der Waals surface area (Å²) in [5.74, 6) is 1.12. The van der Waals surface area contributed by atoms with Crippen molar-refractivity contribution in [1.29, 1.82) is 0 Å². The van der Waals surface area contributed by atoms with Gasteiger partial charge in [-0.15, -0.1) is 10.8 Å². The van der Waals surface area contributed by atoms with E-state index in [1.54, 1.807) is 29.2 Å². The number of hydrogen-bond acceptors (Lipinski definition) is 5. The lowest BCUT2D eigenvalue weighted by Crippen LogP contribution is -2.36. The number of nitrogens with one attached hydrogen (secondary N) is 1. The fourth-order valence-corrected chi connectivity index (χ4v) is 5.29. The van der Waals surface area contributed by atoms with Gasteiger partial charge in [0.25, 0.3) is 0 Å². The summed E-state index contributed by atoms with van der Waals surface area (Å²) in [4.78, 5) is 25.1. The molecule has 4 rings (SSSR count). The Hall–Kier alpha value is -3.53. The molecule has 1 saturated heterocycles. The van der Waals surface area contributed by atoms with Gasteiger partial charge in [0.15, 0.2) is 0 Å². The number of rotatable bonds is 8. The summed E-state index contributed by atoms with van der Waals surface area (Å²) >= 11 is 0. The van der Waals surface area contributed by atoms with Crippen molar-refractivity contribution in [3.8, 4) is 11.5 Å². The van der Waals surface area contributed by atoms with E-state index < -0.39 is 22.1 Å². The molecule has 34 heavy (non-hydrogen) atoms. The van der Waals surface area contributed by atoms with Crippen LogP contribution in [0.2, 0.25) is 0 Å². The van der Waals surface area contributed by atoms with Gasteiger partial charge in [-0.25, -0.2) is 4.79 Å². The Morgan fingerprint density at radius 1 is 0.971 bits per heavy atom. The first kappa shape index (κ1) is 23.6. The molecule has 3 amide bonds. The fraction of sp³-hybridized carbons (Fsp3) is 0.200. The van der Waals surface area contributed by atoms with Gasteiger partial charge in [-0.05, 0) is 47.4 Å². The molecule has 1 atom stereocenters. The molecular weight excluding hydrogens is 454 g/mol. The molecule has 1 aliphatic rings. The molecule has 0 spiro atoms. The van der Waals surface area contributed by atoms with Crippen molar-refractivity contribution in [2.24, 2.45) is 5.73 Å². The molecule has 1 fully saturated rings. The number of amides is 3. The molecule has 0 bridgehead atoms. The van der Waals surface area contributed by atoms with Crippen LogP contribution in [-0.4, -0.2) is 32.5 Å². The smallest absolute Gasteiger partial charge is 0.315 e. The van der Waals surface area contributed by atoms with Gasteiger partial charge in [0, 0.05) is 13.1 Å². The summed E-state index contributed by atoms with van der Waals surface area (Å²) in [6, 6.07) is 23.8. The molecule has 8 nitrogen and oxygen atoms in total. The number of para-hydroxylation sites is 1. The van der Waals surface area contributed by atoms with Crippen molar-refractivity contribution in [2.45, 2.75) is 24.6 Å². The maximum absolute atomic E-state index is 12.0. The van der Waals surface area contributed by atoms with Gasteiger partial charge in [-0.1, -0.05) is 54.6 Å². The summed E-state index contributed by atoms with van der Waals surface area (Å²) in [6.45, 7) is 0.764. The van der Waals surface area contributed by atoms with Crippen LogP contribution in [0.15, 0.2) is 78.9 Å². The molecule has 0 saturated carbocycles. The third-order valence-corrected chi connectivity index (χ3v) is 7.40. The Morgan fingerprint density at radius 3 is 2.18 bits per heavy atom. The van der Waals surface area contributed by atoms with Crippen LogP contribution in [0, 0.1) is 0 Å². The minimum absolute atomic E-state index is 0.0320. The van der Waals surface area contributed by atoms with E-state index in [0.717, 1.165) is 22.6 Å². The Kier molecular flexibility index (Phi) is 7.06. The predicted molar refractivity (Wildman–Crippen MR) is 131 cm³/mol. The van der Waals surface area contributed by atoms with Crippen molar-refractivity contribution >= 4 is 22.7 Å². The Morgan fingerprint density at radius 2 is 1.59 bits per heavy atom. The van der Waals surface area contributed by atoms with Crippen LogP contribution in [-0.2, 0) is 17.8 Å². The lowest BCUT2D eigenvalue weighted by atomic mass is 10.1. The average molecular weight is 482 g/mol. The summed E-state index contributed by atoms with van der Waals surface area (Å²) in [7, 11) is -3.19. The van der Waals surface area contributed by atoms with E-state index >= 15 is 0 Å². The standard InChI is InChI=1S/C25H27N3O5S/c26-25(30)28(15-14-18-8-12-22(13-9-18)33-21-4-2-1-3-5-21)17-19-6-10-20(11-7-19)23-16-24(29)27-34(23,31)32/h1-13,23,31-32H,14-17H2,(H2,26,30)(H,27,29). The predicted octanol–water partition coefficient (Wildman–Crippen LogP) is 4.83. The molecule has 9 heteroatoms. The van der Waals surface area contributed by atoms with Crippen LogP contribution >= 0.6 is 10.8 Å². The van der Waals surface area contributed by atoms with Crippen molar-refractivity contribution in [1.82, 2.24) is 9.62 Å². The highest BCUT2D eigenvalue weighted by Gasteiger charge is 2.37.